The third kappa shape index (κ3) is 4.68. The zero-order chi connectivity index (χ0) is 11.8. The Kier molecular flexibility index (Phi) is 5.19. The molecule has 0 amide bonds. The van der Waals surface area contributed by atoms with Crippen LogP contribution in [0.5, 0.6) is 0 Å². The summed E-state index contributed by atoms with van der Waals surface area (Å²) in [4.78, 5) is 20.8. The molecule has 0 aliphatic carbocycles. The molecule has 16 heavy (non-hydrogen) atoms. The van der Waals surface area contributed by atoms with Crippen molar-refractivity contribution in [3.05, 3.63) is 40.8 Å². The van der Waals surface area contributed by atoms with Crippen molar-refractivity contribution in [1.29, 1.82) is 0 Å². The van der Waals surface area contributed by atoms with Crippen molar-refractivity contribution < 1.29 is 9.90 Å². The van der Waals surface area contributed by atoms with Crippen LogP contribution in [0.2, 0.25) is 0 Å². The minimum Gasteiger partial charge on any atom is -0.481 e. The summed E-state index contributed by atoms with van der Waals surface area (Å²) in [6, 6.07) is 9.39. The monoisotopic (exact) mass is 221 g/mol. The summed E-state index contributed by atoms with van der Waals surface area (Å²) in [5.41, 5.74) is 1.14. The fourth-order valence-electron chi connectivity index (χ4n) is 1.52. The number of aliphatic carboxylic acids is 1. The lowest BCUT2D eigenvalue weighted by atomic mass is 10.0. The van der Waals surface area contributed by atoms with Crippen molar-refractivity contribution in [2.45, 2.75) is 31.7 Å². The molecular weight excluding hydrogens is 206 g/mol. The Hall–Kier alpha value is -1.71. The van der Waals surface area contributed by atoms with Gasteiger partial charge in [0.05, 0.1) is 6.04 Å². The van der Waals surface area contributed by atoms with E-state index >= 15 is 0 Å². The fourth-order valence-corrected chi connectivity index (χ4v) is 1.52. The van der Waals surface area contributed by atoms with Crippen LogP contribution < -0.4 is 0 Å². The van der Waals surface area contributed by atoms with E-state index < -0.39 is 12.0 Å². The van der Waals surface area contributed by atoms with E-state index in [0.29, 0.717) is 12.8 Å². The molecule has 1 N–H and O–H groups in total. The molecule has 4 heteroatoms. The average molecular weight is 221 g/mol. The minimum atomic E-state index is -0.881. The molecule has 0 aromatic heterocycles. The van der Waals surface area contributed by atoms with E-state index in [0.717, 1.165) is 12.0 Å². The Morgan fingerprint density at radius 3 is 2.50 bits per heavy atom. The number of hydrogen-bond donors (Lipinski definition) is 1. The molecule has 0 heterocycles. The molecule has 1 aromatic carbocycles. The van der Waals surface area contributed by atoms with Crippen molar-refractivity contribution in [3.8, 4) is 0 Å². The van der Waals surface area contributed by atoms with E-state index in [-0.39, 0.29) is 6.42 Å². The number of nitrogens with zero attached hydrogens (tertiary/aromatic N) is 1. The maximum atomic E-state index is 10.5. The molecule has 86 valence electrons. The number of aryl methyl sites for hydroxylation is 1. The highest BCUT2D eigenvalue weighted by atomic mass is 16.4. The smallest absolute Gasteiger partial charge is 0.303 e. The lowest BCUT2D eigenvalue weighted by Crippen LogP contribution is -2.08. The first-order valence-electron chi connectivity index (χ1n) is 5.30. The summed E-state index contributed by atoms with van der Waals surface area (Å²) >= 11 is 0. The second kappa shape index (κ2) is 6.71. The maximum Gasteiger partial charge on any atom is 0.303 e. The molecule has 1 atom stereocenters. The number of carboxylic acid groups (broad SMARTS) is 1. The highest BCUT2D eigenvalue weighted by Gasteiger charge is 2.10. The predicted molar refractivity (Wildman–Crippen MR) is 61.2 cm³/mol. The standard InChI is InChI=1S/C12H15NO3/c14-12(15)9-8-11(13-16)7-6-10-4-2-1-3-5-10/h1-5,11H,6-9H2,(H,14,15). The number of carboxylic acids is 1. The van der Waals surface area contributed by atoms with Crippen LogP contribution in [0, 0.1) is 4.91 Å². The van der Waals surface area contributed by atoms with Gasteiger partial charge in [-0.2, -0.15) is 4.91 Å². The molecule has 1 unspecified atom stereocenters. The van der Waals surface area contributed by atoms with Gasteiger partial charge in [0.2, 0.25) is 0 Å². The lowest BCUT2D eigenvalue weighted by Gasteiger charge is -2.07. The van der Waals surface area contributed by atoms with Gasteiger partial charge in [-0.3, -0.25) is 4.79 Å². The van der Waals surface area contributed by atoms with Gasteiger partial charge in [-0.15, -0.1) is 0 Å². The van der Waals surface area contributed by atoms with Gasteiger partial charge in [-0.05, 0) is 24.8 Å². The molecule has 0 radical (unpaired) electrons. The third-order valence-electron chi connectivity index (χ3n) is 2.45. The van der Waals surface area contributed by atoms with Crippen molar-refractivity contribution >= 4 is 5.97 Å². The van der Waals surface area contributed by atoms with Crippen molar-refractivity contribution in [2.24, 2.45) is 5.18 Å². The Bertz CT molecular complexity index is 337. The summed E-state index contributed by atoms with van der Waals surface area (Å²) < 4.78 is 0. The van der Waals surface area contributed by atoms with Crippen LogP contribution in [0.25, 0.3) is 0 Å². The van der Waals surface area contributed by atoms with E-state index in [2.05, 4.69) is 5.18 Å². The van der Waals surface area contributed by atoms with Gasteiger partial charge in [-0.25, -0.2) is 0 Å². The molecule has 0 saturated heterocycles. The molecule has 1 rings (SSSR count). The first kappa shape index (κ1) is 12.4. The SMILES string of the molecule is O=NC(CCC(=O)O)CCc1ccccc1. The fraction of sp³-hybridized carbons (Fsp3) is 0.417. The van der Waals surface area contributed by atoms with Crippen LogP contribution in [0.1, 0.15) is 24.8 Å². The second-order valence-electron chi connectivity index (χ2n) is 3.72. The lowest BCUT2D eigenvalue weighted by molar-refractivity contribution is -0.137. The van der Waals surface area contributed by atoms with E-state index in [9.17, 15) is 9.70 Å². The Balaban J connectivity index is 2.34. The normalized spacial score (nSPS) is 12.0. The zero-order valence-electron chi connectivity index (χ0n) is 9.00. The Morgan fingerprint density at radius 2 is 1.94 bits per heavy atom. The van der Waals surface area contributed by atoms with Crippen LogP contribution in [0.3, 0.4) is 0 Å². The van der Waals surface area contributed by atoms with Crippen LogP contribution in [-0.4, -0.2) is 17.1 Å². The largest absolute Gasteiger partial charge is 0.481 e. The highest BCUT2D eigenvalue weighted by molar-refractivity contribution is 5.66. The molecular formula is C12H15NO3. The summed E-state index contributed by atoms with van der Waals surface area (Å²) in [5.74, 6) is -0.881. The zero-order valence-corrected chi connectivity index (χ0v) is 9.00. The van der Waals surface area contributed by atoms with Gasteiger partial charge >= 0.3 is 5.97 Å². The van der Waals surface area contributed by atoms with E-state index in [1.54, 1.807) is 0 Å². The predicted octanol–water partition coefficient (Wildman–Crippen LogP) is 2.62. The molecule has 0 aliphatic heterocycles. The number of hydrogen-bond acceptors (Lipinski definition) is 3. The van der Waals surface area contributed by atoms with Gasteiger partial charge < -0.3 is 5.11 Å². The average Bonchev–Trinajstić information content (AvgIpc) is 2.30. The Labute approximate surface area is 94.3 Å². The topological polar surface area (TPSA) is 66.7 Å². The number of benzene rings is 1. The van der Waals surface area contributed by atoms with Gasteiger partial charge in [0, 0.05) is 6.42 Å². The molecule has 0 bridgehead atoms. The first-order chi connectivity index (χ1) is 7.72. The number of rotatable bonds is 7. The molecule has 0 aliphatic rings. The van der Waals surface area contributed by atoms with Crippen LogP contribution in [-0.2, 0) is 11.2 Å². The van der Waals surface area contributed by atoms with E-state index in [1.807, 2.05) is 30.3 Å². The van der Waals surface area contributed by atoms with Gasteiger partial charge in [-0.1, -0.05) is 35.5 Å². The summed E-state index contributed by atoms with van der Waals surface area (Å²) in [6.07, 6.45) is 1.70. The van der Waals surface area contributed by atoms with Crippen LogP contribution in [0.15, 0.2) is 35.5 Å². The second-order valence-corrected chi connectivity index (χ2v) is 3.72. The molecule has 1 aromatic rings. The minimum absolute atomic E-state index is 0.00516. The highest BCUT2D eigenvalue weighted by Crippen LogP contribution is 2.11. The quantitative estimate of drug-likeness (QED) is 0.719. The molecule has 0 fully saturated rings. The maximum absolute atomic E-state index is 10.5. The van der Waals surface area contributed by atoms with Gasteiger partial charge in [0.15, 0.2) is 0 Å². The van der Waals surface area contributed by atoms with Gasteiger partial charge in [0.25, 0.3) is 0 Å². The van der Waals surface area contributed by atoms with Crippen molar-refractivity contribution in [3.63, 3.8) is 0 Å². The number of nitroso groups, excluding NO2 is 1. The summed E-state index contributed by atoms with van der Waals surface area (Å²) in [7, 11) is 0. The Morgan fingerprint density at radius 1 is 1.25 bits per heavy atom. The molecule has 0 spiro atoms. The van der Waals surface area contributed by atoms with Crippen molar-refractivity contribution in [1.82, 2.24) is 0 Å². The number of carbonyl (C=O) groups is 1. The van der Waals surface area contributed by atoms with E-state index in [1.165, 1.54) is 0 Å². The molecule has 4 nitrogen and oxygen atoms in total. The van der Waals surface area contributed by atoms with Gasteiger partial charge in [0.1, 0.15) is 0 Å². The third-order valence-corrected chi connectivity index (χ3v) is 2.45. The molecule has 0 saturated carbocycles. The summed E-state index contributed by atoms with van der Waals surface area (Å²) in [6.45, 7) is 0. The van der Waals surface area contributed by atoms with Crippen LogP contribution >= 0.6 is 0 Å². The van der Waals surface area contributed by atoms with E-state index in [4.69, 9.17) is 5.11 Å². The van der Waals surface area contributed by atoms with Crippen LogP contribution in [0.4, 0.5) is 0 Å². The first-order valence-corrected chi connectivity index (χ1v) is 5.30. The summed E-state index contributed by atoms with van der Waals surface area (Å²) in [5, 5.41) is 11.5. The van der Waals surface area contributed by atoms with Crippen molar-refractivity contribution in [2.75, 3.05) is 0 Å².